The maximum atomic E-state index is 12.1. The molecule has 2 N–H and O–H groups in total. The van der Waals surface area contributed by atoms with Gasteiger partial charge in [-0.1, -0.05) is 24.6 Å². The Labute approximate surface area is 164 Å². The Kier molecular flexibility index (Phi) is 3.51. The van der Waals surface area contributed by atoms with E-state index in [4.69, 9.17) is 4.74 Å². The zero-order valence-electron chi connectivity index (χ0n) is 15.9. The highest BCUT2D eigenvalue weighted by molar-refractivity contribution is 5.88. The molecule has 6 rings (SSSR count). The van der Waals surface area contributed by atoms with Crippen LogP contribution < -0.4 is 5.32 Å². The number of carbonyl (C=O) groups excluding carboxylic acids is 1. The maximum Gasteiger partial charge on any atom is 0.332 e. The summed E-state index contributed by atoms with van der Waals surface area (Å²) < 4.78 is 5.92. The average Bonchev–Trinajstić information content (AvgIpc) is 3.35. The zero-order chi connectivity index (χ0) is 18.7. The van der Waals surface area contributed by atoms with Gasteiger partial charge in [-0.3, -0.25) is 4.90 Å². The summed E-state index contributed by atoms with van der Waals surface area (Å²) in [5.74, 6) is -0.170. The first-order valence-corrected chi connectivity index (χ1v) is 10.5. The van der Waals surface area contributed by atoms with Crippen molar-refractivity contribution in [1.29, 1.82) is 0 Å². The molecule has 3 aliphatic heterocycles. The summed E-state index contributed by atoms with van der Waals surface area (Å²) >= 11 is 0. The van der Waals surface area contributed by atoms with E-state index in [-0.39, 0.29) is 11.6 Å². The molecule has 2 aromatic rings. The summed E-state index contributed by atoms with van der Waals surface area (Å²) in [6.45, 7) is 1.98. The van der Waals surface area contributed by atoms with Crippen LogP contribution in [-0.4, -0.2) is 46.6 Å². The van der Waals surface area contributed by atoms with Crippen molar-refractivity contribution in [2.24, 2.45) is 0 Å². The number of benzene rings is 1. The van der Waals surface area contributed by atoms with Gasteiger partial charge in [0.15, 0.2) is 5.60 Å². The first kappa shape index (κ1) is 16.4. The van der Waals surface area contributed by atoms with Crippen molar-refractivity contribution in [3.8, 4) is 0 Å². The molecule has 4 aliphatic rings. The fraction of sp³-hybridized carbons (Fsp3) is 0.435. The zero-order valence-corrected chi connectivity index (χ0v) is 15.9. The van der Waals surface area contributed by atoms with E-state index in [0.29, 0.717) is 12.1 Å². The molecule has 2 bridgehead atoms. The Morgan fingerprint density at radius 2 is 2.18 bits per heavy atom. The van der Waals surface area contributed by atoms with E-state index in [1.165, 1.54) is 35.1 Å². The van der Waals surface area contributed by atoms with Gasteiger partial charge in [0, 0.05) is 47.9 Å². The normalized spacial score (nSPS) is 31.2. The van der Waals surface area contributed by atoms with E-state index in [9.17, 15) is 4.79 Å². The first-order chi connectivity index (χ1) is 13.7. The minimum atomic E-state index is -0.384. The summed E-state index contributed by atoms with van der Waals surface area (Å²) in [5.41, 5.74) is 4.39. The first-order valence-electron chi connectivity index (χ1n) is 10.5. The molecule has 1 aromatic heterocycles. The fourth-order valence-corrected chi connectivity index (χ4v) is 5.80. The van der Waals surface area contributed by atoms with Gasteiger partial charge in [0.1, 0.15) is 0 Å². The second kappa shape index (κ2) is 5.98. The van der Waals surface area contributed by atoms with E-state index in [1.54, 1.807) is 6.08 Å². The van der Waals surface area contributed by atoms with Crippen molar-refractivity contribution >= 4 is 16.9 Å². The van der Waals surface area contributed by atoms with Crippen LogP contribution in [0.1, 0.15) is 31.4 Å². The van der Waals surface area contributed by atoms with Crippen LogP contribution in [0.2, 0.25) is 0 Å². The molecular formula is C23H25N3O2. The minimum absolute atomic E-state index is 0.170. The molecule has 0 saturated carbocycles. The maximum absolute atomic E-state index is 12.1. The number of esters is 1. The lowest BCUT2D eigenvalue weighted by Gasteiger charge is -2.37. The number of rotatable bonds is 4. The van der Waals surface area contributed by atoms with Gasteiger partial charge in [-0.15, -0.1) is 0 Å². The molecule has 0 radical (unpaired) electrons. The monoisotopic (exact) mass is 375 g/mol. The minimum Gasteiger partial charge on any atom is -0.449 e. The Morgan fingerprint density at radius 1 is 1.25 bits per heavy atom. The Balaban J connectivity index is 1.23. The summed E-state index contributed by atoms with van der Waals surface area (Å²) in [7, 11) is 0. The van der Waals surface area contributed by atoms with Crippen molar-refractivity contribution < 1.29 is 9.53 Å². The fourth-order valence-electron chi connectivity index (χ4n) is 5.80. The van der Waals surface area contributed by atoms with Crippen LogP contribution in [0.5, 0.6) is 0 Å². The number of carbonyl (C=O) groups is 1. The molecule has 1 spiro atoms. The molecule has 0 unspecified atom stereocenters. The standard InChI is InChI=1S/C23H25N3O2/c27-22-13-16-12-19(20-14-23(16,28-22)21-7-3-4-10-26(20)21)24-9-8-17-11-15-5-1-2-6-18(15)25-17/h1-2,5-6,11-13,20-21,24-25H,3-4,7-10,14H2/t20-,21+,23-/m0/s1. The molecule has 144 valence electrons. The van der Waals surface area contributed by atoms with Crippen molar-refractivity contribution in [2.75, 3.05) is 13.1 Å². The number of para-hydroxylation sites is 1. The van der Waals surface area contributed by atoms with Crippen LogP contribution in [0.15, 0.2) is 53.8 Å². The largest absolute Gasteiger partial charge is 0.449 e. The highest BCUT2D eigenvalue weighted by atomic mass is 16.6. The van der Waals surface area contributed by atoms with Crippen LogP contribution >= 0.6 is 0 Å². The van der Waals surface area contributed by atoms with Crippen molar-refractivity contribution in [3.63, 3.8) is 0 Å². The number of nitrogens with zero attached hydrogens (tertiary/aromatic N) is 1. The second-order valence-corrected chi connectivity index (χ2v) is 8.54. The van der Waals surface area contributed by atoms with E-state index >= 15 is 0 Å². The molecule has 2 fully saturated rings. The van der Waals surface area contributed by atoms with Gasteiger partial charge in [0.25, 0.3) is 0 Å². The molecule has 28 heavy (non-hydrogen) atoms. The number of H-pyrrole nitrogens is 1. The lowest BCUT2D eigenvalue weighted by atomic mass is 9.79. The molecular weight excluding hydrogens is 350 g/mol. The highest BCUT2D eigenvalue weighted by Crippen LogP contribution is 2.52. The quantitative estimate of drug-likeness (QED) is 0.807. The van der Waals surface area contributed by atoms with Gasteiger partial charge >= 0.3 is 5.97 Å². The third kappa shape index (κ3) is 2.32. The number of hydrogen-bond acceptors (Lipinski definition) is 4. The van der Waals surface area contributed by atoms with Gasteiger partial charge in [-0.25, -0.2) is 4.79 Å². The third-order valence-corrected chi connectivity index (χ3v) is 7.00. The number of hydrogen-bond donors (Lipinski definition) is 2. The molecule has 0 amide bonds. The number of ether oxygens (including phenoxy) is 1. The number of piperidine rings is 1. The van der Waals surface area contributed by atoms with Gasteiger partial charge in [0.2, 0.25) is 0 Å². The van der Waals surface area contributed by atoms with Gasteiger partial charge in [-0.2, -0.15) is 0 Å². The molecule has 4 heterocycles. The number of fused-ring (bicyclic) bond motifs is 4. The van der Waals surface area contributed by atoms with E-state index in [0.717, 1.165) is 37.9 Å². The Bertz CT molecular complexity index is 987. The van der Waals surface area contributed by atoms with Crippen LogP contribution in [0.4, 0.5) is 0 Å². The topological polar surface area (TPSA) is 57.4 Å². The van der Waals surface area contributed by atoms with Crippen molar-refractivity contribution in [3.05, 3.63) is 59.4 Å². The lowest BCUT2D eigenvalue weighted by molar-refractivity contribution is -0.148. The van der Waals surface area contributed by atoms with E-state index < -0.39 is 0 Å². The Morgan fingerprint density at radius 3 is 3.11 bits per heavy atom. The van der Waals surface area contributed by atoms with E-state index in [2.05, 4.69) is 51.6 Å². The predicted molar refractivity (Wildman–Crippen MR) is 108 cm³/mol. The van der Waals surface area contributed by atoms with Crippen LogP contribution in [0.25, 0.3) is 10.9 Å². The summed E-state index contributed by atoms with van der Waals surface area (Å²) in [6.07, 6.45) is 9.35. The van der Waals surface area contributed by atoms with Crippen LogP contribution in [-0.2, 0) is 16.0 Å². The number of aromatic nitrogens is 1. The number of nitrogens with one attached hydrogen (secondary N) is 2. The predicted octanol–water partition coefficient (Wildman–Crippen LogP) is 3.05. The van der Waals surface area contributed by atoms with Gasteiger partial charge in [-0.05, 0) is 43.0 Å². The smallest absolute Gasteiger partial charge is 0.332 e. The van der Waals surface area contributed by atoms with Gasteiger partial charge < -0.3 is 15.0 Å². The highest BCUT2D eigenvalue weighted by Gasteiger charge is 2.61. The van der Waals surface area contributed by atoms with E-state index in [1.807, 2.05) is 0 Å². The average molecular weight is 375 g/mol. The molecule has 1 aliphatic carbocycles. The number of aromatic amines is 1. The Hall–Kier alpha value is -2.53. The van der Waals surface area contributed by atoms with Crippen LogP contribution in [0.3, 0.4) is 0 Å². The third-order valence-electron chi connectivity index (χ3n) is 7.00. The summed E-state index contributed by atoms with van der Waals surface area (Å²) in [4.78, 5) is 18.2. The van der Waals surface area contributed by atoms with Gasteiger partial charge in [0.05, 0.1) is 12.1 Å². The SMILES string of the molecule is O=C1C=C2C=C(NCCc3cc4ccccc4[nH]3)[C@@H]3C[C@@]2(O1)[C@H]1CCCCN31. The lowest BCUT2D eigenvalue weighted by Crippen LogP contribution is -2.48. The molecule has 5 heteroatoms. The molecule has 5 nitrogen and oxygen atoms in total. The van der Waals surface area contributed by atoms with Crippen molar-refractivity contribution in [1.82, 2.24) is 15.2 Å². The van der Waals surface area contributed by atoms with Crippen molar-refractivity contribution in [2.45, 2.75) is 49.8 Å². The molecule has 3 atom stereocenters. The summed E-state index contributed by atoms with van der Waals surface area (Å²) in [6, 6.07) is 11.3. The second-order valence-electron chi connectivity index (χ2n) is 8.54. The van der Waals surface area contributed by atoms with Crippen LogP contribution in [0, 0.1) is 0 Å². The summed E-state index contributed by atoms with van der Waals surface area (Å²) in [5, 5.41) is 4.95. The molecule has 1 aromatic carbocycles. The molecule has 2 saturated heterocycles.